The van der Waals surface area contributed by atoms with Gasteiger partial charge < -0.3 is 61.7 Å². The van der Waals surface area contributed by atoms with Crippen LogP contribution in [0.5, 0.6) is 0 Å². The van der Waals surface area contributed by atoms with Crippen LogP contribution in [0.15, 0.2) is 0 Å². The minimum Gasteiger partial charge on any atom is -1.00 e. The van der Waals surface area contributed by atoms with Crippen molar-refractivity contribution < 1.29 is 61.7 Å². The van der Waals surface area contributed by atoms with Crippen LogP contribution in [0.3, 0.4) is 0 Å². The number of ether oxygens (including phenoxy) is 1. The molecule has 0 aliphatic heterocycles. The first kappa shape index (κ1) is 26.2. The van der Waals surface area contributed by atoms with Crippen LogP contribution in [0.2, 0.25) is 0 Å². The summed E-state index contributed by atoms with van der Waals surface area (Å²) in [5.74, 6) is 0. The molecule has 0 aromatic heterocycles. The van der Waals surface area contributed by atoms with E-state index in [9.17, 15) is 0 Å². The molecule has 0 fully saturated rings. The second kappa shape index (κ2) is 12.8. The lowest BCUT2D eigenvalue weighted by atomic mass is 10.2. The van der Waals surface area contributed by atoms with Gasteiger partial charge in [0.25, 0.3) is 0 Å². The predicted molar refractivity (Wildman–Crippen MR) is 79.7 cm³/mol. The summed E-state index contributed by atoms with van der Waals surface area (Å²) in [6, 6.07) is 0. The minimum absolute atomic E-state index is 0. The van der Waals surface area contributed by atoms with E-state index in [1.165, 1.54) is 24.1 Å². The van der Waals surface area contributed by atoms with Crippen molar-refractivity contribution in [2.45, 2.75) is 40.7 Å². The zero-order chi connectivity index (χ0) is 14.2. The molecular weight excluding hydrogens is 478 g/mol. The van der Waals surface area contributed by atoms with Gasteiger partial charge >= 0.3 is 0 Å². The van der Waals surface area contributed by atoms with Gasteiger partial charge in [-0.3, -0.25) is 0 Å². The second-order valence-electron chi connectivity index (χ2n) is 6.13. The van der Waals surface area contributed by atoms with E-state index in [-0.39, 0.29) is 48.0 Å². The summed E-state index contributed by atoms with van der Waals surface area (Å²) in [5, 5.41) is 0. The van der Waals surface area contributed by atoms with Gasteiger partial charge in [0.2, 0.25) is 0 Å². The molecule has 1 atom stereocenters. The third-order valence-corrected chi connectivity index (χ3v) is 4.61. The summed E-state index contributed by atoms with van der Waals surface area (Å²) in [7, 11) is 4.52. The zero-order valence-corrected chi connectivity index (χ0v) is 18.9. The second-order valence-corrected chi connectivity index (χ2v) is 6.13. The van der Waals surface area contributed by atoms with E-state index >= 15 is 0 Å². The Morgan fingerprint density at radius 3 is 1.65 bits per heavy atom. The molecule has 126 valence electrons. The van der Waals surface area contributed by atoms with Gasteiger partial charge in [-0.1, -0.05) is 0 Å². The summed E-state index contributed by atoms with van der Waals surface area (Å²) in [6.07, 6.45) is 0.363. The van der Waals surface area contributed by atoms with E-state index in [0.717, 1.165) is 30.7 Å². The third-order valence-electron chi connectivity index (χ3n) is 4.61. The van der Waals surface area contributed by atoms with Crippen molar-refractivity contribution in [2.75, 3.05) is 60.0 Å². The van der Waals surface area contributed by atoms with Crippen molar-refractivity contribution >= 4 is 0 Å². The van der Waals surface area contributed by atoms with Gasteiger partial charge in [0.05, 0.1) is 46.9 Å². The van der Waals surface area contributed by atoms with Crippen molar-refractivity contribution in [3.8, 4) is 0 Å². The fourth-order valence-corrected chi connectivity index (χ4v) is 2.32. The lowest BCUT2D eigenvalue weighted by Crippen LogP contribution is -3.00. The number of quaternary nitrogens is 2. The first-order valence-corrected chi connectivity index (χ1v) is 7.63. The number of rotatable bonds is 10. The van der Waals surface area contributed by atoms with Gasteiger partial charge in [-0.2, -0.15) is 0 Å². The van der Waals surface area contributed by atoms with Crippen LogP contribution >= 0.6 is 0 Å². The Labute approximate surface area is 161 Å². The first-order valence-electron chi connectivity index (χ1n) is 7.63. The maximum atomic E-state index is 6.01. The van der Waals surface area contributed by atoms with Crippen LogP contribution in [0.1, 0.15) is 34.6 Å². The number of hydrogen-bond acceptors (Lipinski definition) is 1. The predicted octanol–water partition coefficient (Wildman–Crippen LogP) is -3.63. The van der Waals surface area contributed by atoms with E-state index < -0.39 is 0 Å². The van der Waals surface area contributed by atoms with Crippen molar-refractivity contribution in [2.24, 2.45) is 0 Å². The van der Waals surface area contributed by atoms with Crippen molar-refractivity contribution in [1.82, 2.24) is 0 Å². The van der Waals surface area contributed by atoms with Gasteiger partial charge in [0.1, 0.15) is 19.2 Å². The fourth-order valence-electron chi connectivity index (χ4n) is 2.32. The van der Waals surface area contributed by atoms with Crippen LogP contribution in [-0.4, -0.2) is 75.0 Å². The molecule has 0 bridgehead atoms. The molecule has 0 aromatic carbocycles. The molecular formula is C15H36I2N2O. The van der Waals surface area contributed by atoms with E-state index in [0.29, 0.717) is 6.10 Å². The lowest BCUT2D eigenvalue weighted by molar-refractivity contribution is -0.926. The van der Waals surface area contributed by atoms with Crippen LogP contribution < -0.4 is 48.0 Å². The summed E-state index contributed by atoms with van der Waals surface area (Å²) in [5.41, 5.74) is 0. The van der Waals surface area contributed by atoms with E-state index in [4.69, 9.17) is 4.74 Å². The Bertz CT molecular complexity index is 214. The maximum Gasteiger partial charge on any atom is 0.105 e. The molecule has 0 amide bonds. The van der Waals surface area contributed by atoms with Crippen LogP contribution in [0.25, 0.3) is 0 Å². The lowest BCUT2D eigenvalue weighted by Gasteiger charge is -2.38. The van der Waals surface area contributed by atoms with Crippen molar-refractivity contribution in [3.63, 3.8) is 0 Å². The van der Waals surface area contributed by atoms with E-state index in [1.54, 1.807) is 0 Å². The molecule has 0 aliphatic carbocycles. The molecule has 0 rings (SSSR count). The summed E-state index contributed by atoms with van der Waals surface area (Å²) < 4.78 is 8.23. The van der Waals surface area contributed by atoms with Crippen LogP contribution in [-0.2, 0) is 4.74 Å². The third kappa shape index (κ3) is 10.1. The summed E-state index contributed by atoms with van der Waals surface area (Å²) in [6.45, 7) is 19.2. The Balaban J connectivity index is -0.00000144. The molecule has 0 spiro atoms. The maximum absolute atomic E-state index is 6.01. The van der Waals surface area contributed by atoms with Gasteiger partial charge in [0.15, 0.2) is 0 Å². The highest BCUT2D eigenvalue weighted by molar-refractivity contribution is 4.50. The largest absolute Gasteiger partial charge is 1.00 e. The summed E-state index contributed by atoms with van der Waals surface area (Å²) in [4.78, 5) is 0. The Morgan fingerprint density at radius 1 is 0.850 bits per heavy atom. The normalized spacial score (nSPS) is 13.3. The molecule has 0 radical (unpaired) electrons. The topological polar surface area (TPSA) is 9.23 Å². The van der Waals surface area contributed by atoms with E-state index in [2.05, 4.69) is 48.7 Å². The molecule has 0 saturated carbocycles. The number of nitrogens with zero attached hydrogens (tertiary/aromatic N) is 2. The Morgan fingerprint density at radius 2 is 1.30 bits per heavy atom. The van der Waals surface area contributed by atoms with Gasteiger partial charge in [0, 0.05) is 0 Å². The molecule has 5 heteroatoms. The average molecular weight is 514 g/mol. The Hall–Kier alpha value is 1.34. The number of halogens is 2. The highest BCUT2D eigenvalue weighted by Crippen LogP contribution is 2.09. The number of hydrogen-bond donors (Lipinski definition) is 0. The van der Waals surface area contributed by atoms with Crippen LogP contribution in [0, 0.1) is 0 Å². The standard InChI is InChI=1S/C15H36N2O.2HI/c1-8-16(6,7)12-13-18-15(5)14-17(9-2,10-3)11-4;;/h15H,8-14H2,1-7H3;2*1H/q+2;;/p-2. The molecule has 1 unspecified atom stereocenters. The molecule has 0 saturated heterocycles. The monoisotopic (exact) mass is 514 g/mol. The molecule has 0 heterocycles. The van der Waals surface area contributed by atoms with Crippen molar-refractivity contribution in [1.29, 1.82) is 0 Å². The first-order chi connectivity index (χ1) is 8.34. The molecule has 0 aromatic rings. The van der Waals surface area contributed by atoms with Gasteiger partial charge in [-0.15, -0.1) is 0 Å². The van der Waals surface area contributed by atoms with Crippen molar-refractivity contribution in [3.05, 3.63) is 0 Å². The fraction of sp³-hybridized carbons (Fsp3) is 1.00. The molecule has 0 aliphatic rings. The SMILES string of the molecule is CC[N+](C)(C)CCOC(C)C[N+](CC)(CC)CC.[I-].[I-]. The highest BCUT2D eigenvalue weighted by Gasteiger charge is 2.24. The molecule has 3 nitrogen and oxygen atoms in total. The minimum atomic E-state index is 0. The highest BCUT2D eigenvalue weighted by atomic mass is 127. The quantitative estimate of drug-likeness (QED) is 0.216. The van der Waals surface area contributed by atoms with E-state index in [1.807, 2.05) is 0 Å². The molecule has 20 heavy (non-hydrogen) atoms. The van der Waals surface area contributed by atoms with Crippen LogP contribution in [0.4, 0.5) is 0 Å². The number of likely N-dealkylation sites (N-methyl/N-ethyl adjacent to an activating group) is 2. The van der Waals surface area contributed by atoms with Gasteiger partial charge in [-0.05, 0) is 34.6 Å². The Kier molecular flexibility index (Phi) is 16.9. The average Bonchev–Trinajstić information content (AvgIpc) is 2.36. The molecule has 0 N–H and O–H groups in total. The summed E-state index contributed by atoms with van der Waals surface area (Å²) >= 11 is 0. The van der Waals surface area contributed by atoms with Gasteiger partial charge in [-0.25, -0.2) is 0 Å². The smallest absolute Gasteiger partial charge is 0.105 e. The zero-order valence-electron chi connectivity index (χ0n) is 14.6.